The van der Waals surface area contributed by atoms with Gasteiger partial charge in [-0.05, 0) is 35.3 Å². The van der Waals surface area contributed by atoms with E-state index in [-0.39, 0.29) is 0 Å². The molecule has 0 saturated heterocycles. The van der Waals surface area contributed by atoms with E-state index in [1.165, 1.54) is 0 Å². The molecule has 0 aliphatic carbocycles. The fraction of sp³-hybridized carbons (Fsp3) is 0.300. The first-order chi connectivity index (χ1) is 6.24. The Bertz CT molecular complexity index is 299. The van der Waals surface area contributed by atoms with Gasteiger partial charge in [0, 0.05) is 16.2 Å². The molecule has 1 aromatic heterocycles. The van der Waals surface area contributed by atoms with Gasteiger partial charge in [-0.1, -0.05) is 6.08 Å². The van der Waals surface area contributed by atoms with E-state index >= 15 is 0 Å². The van der Waals surface area contributed by atoms with E-state index in [1.54, 1.807) is 6.20 Å². The molecular weight excluding hydrogens is 230 g/mol. The highest BCUT2D eigenvalue weighted by molar-refractivity contribution is 9.10. The van der Waals surface area contributed by atoms with Crippen molar-refractivity contribution < 1.29 is 4.74 Å². The molecule has 0 N–H and O–H groups in total. The third-order valence-electron chi connectivity index (χ3n) is 1.56. The maximum absolute atomic E-state index is 5.43. The molecule has 2 nitrogen and oxygen atoms in total. The first kappa shape index (κ1) is 10.3. The Kier molecular flexibility index (Phi) is 3.96. The van der Waals surface area contributed by atoms with Gasteiger partial charge in [0.2, 0.25) is 5.88 Å². The van der Waals surface area contributed by atoms with Gasteiger partial charge in [-0.3, -0.25) is 0 Å². The molecule has 1 rings (SSSR count). The van der Waals surface area contributed by atoms with Crippen molar-refractivity contribution in [1.82, 2.24) is 4.98 Å². The first-order valence-corrected chi connectivity index (χ1v) is 4.89. The van der Waals surface area contributed by atoms with Crippen LogP contribution >= 0.6 is 15.9 Å². The minimum atomic E-state index is 0.638. The van der Waals surface area contributed by atoms with Crippen LogP contribution in [0.4, 0.5) is 0 Å². The number of halogens is 1. The molecule has 0 atom stereocenters. The SMILES string of the molecule is C=CCCOc1ncc(Br)cc1C. The number of hydrogen-bond acceptors (Lipinski definition) is 2. The average molecular weight is 242 g/mol. The summed E-state index contributed by atoms with van der Waals surface area (Å²) in [5, 5.41) is 0. The average Bonchev–Trinajstić information content (AvgIpc) is 2.09. The minimum Gasteiger partial charge on any atom is -0.477 e. The molecule has 0 spiro atoms. The van der Waals surface area contributed by atoms with Crippen molar-refractivity contribution in [2.75, 3.05) is 6.61 Å². The monoisotopic (exact) mass is 241 g/mol. The predicted octanol–water partition coefficient (Wildman–Crippen LogP) is 3.11. The molecule has 0 amide bonds. The van der Waals surface area contributed by atoms with Gasteiger partial charge in [0.05, 0.1) is 6.61 Å². The lowest BCUT2D eigenvalue weighted by molar-refractivity contribution is 0.310. The van der Waals surface area contributed by atoms with Gasteiger partial charge in [0.25, 0.3) is 0 Å². The Labute approximate surface area is 86.8 Å². The molecule has 1 aromatic rings. The Morgan fingerprint density at radius 2 is 2.46 bits per heavy atom. The molecule has 0 radical (unpaired) electrons. The molecule has 0 fully saturated rings. The summed E-state index contributed by atoms with van der Waals surface area (Å²) >= 11 is 3.34. The Balaban J connectivity index is 2.61. The highest BCUT2D eigenvalue weighted by Gasteiger charge is 2.00. The molecule has 1 heterocycles. The number of ether oxygens (including phenoxy) is 1. The van der Waals surface area contributed by atoms with Crippen LogP contribution in [-0.4, -0.2) is 11.6 Å². The van der Waals surface area contributed by atoms with Crippen LogP contribution in [0.3, 0.4) is 0 Å². The van der Waals surface area contributed by atoms with Gasteiger partial charge >= 0.3 is 0 Å². The van der Waals surface area contributed by atoms with Gasteiger partial charge in [0.1, 0.15) is 0 Å². The molecule has 0 aliphatic heterocycles. The molecule has 0 saturated carbocycles. The van der Waals surface area contributed by atoms with Crippen LogP contribution in [0.25, 0.3) is 0 Å². The lowest BCUT2D eigenvalue weighted by Gasteiger charge is -2.06. The molecule has 13 heavy (non-hydrogen) atoms. The zero-order chi connectivity index (χ0) is 9.68. The van der Waals surface area contributed by atoms with Crippen molar-refractivity contribution in [2.24, 2.45) is 0 Å². The van der Waals surface area contributed by atoms with Crippen molar-refractivity contribution in [3.63, 3.8) is 0 Å². The molecule has 0 aliphatic rings. The van der Waals surface area contributed by atoms with Crippen LogP contribution in [0, 0.1) is 6.92 Å². The fourth-order valence-electron chi connectivity index (χ4n) is 0.918. The topological polar surface area (TPSA) is 22.1 Å². The second kappa shape index (κ2) is 5.02. The summed E-state index contributed by atoms with van der Waals surface area (Å²) in [5.41, 5.74) is 1.04. The maximum atomic E-state index is 5.43. The van der Waals surface area contributed by atoms with Gasteiger partial charge in [0.15, 0.2) is 0 Å². The summed E-state index contributed by atoms with van der Waals surface area (Å²) in [5.74, 6) is 0.699. The maximum Gasteiger partial charge on any atom is 0.216 e. The van der Waals surface area contributed by atoms with E-state index in [1.807, 2.05) is 19.1 Å². The normalized spacial score (nSPS) is 9.69. The second-order valence-corrected chi connectivity index (χ2v) is 3.62. The number of rotatable bonds is 4. The summed E-state index contributed by atoms with van der Waals surface area (Å²) in [6.45, 7) is 6.23. The molecule has 0 unspecified atom stereocenters. The first-order valence-electron chi connectivity index (χ1n) is 4.10. The van der Waals surface area contributed by atoms with E-state index in [2.05, 4.69) is 27.5 Å². The zero-order valence-corrected chi connectivity index (χ0v) is 9.17. The Morgan fingerprint density at radius 1 is 1.69 bits per heavy atom. The van der Waals surface area contributed by atoms with Crippen molar-refractivity contribution in [1.29, 1.82) is 0 Å². The lowest BCUT2D eigenvalue weighted by atomic mass is 10.3. The number of nitrogens with zero attached hydrogens (tertiary/aromatic N) is 1. The summed E-state index contributed by atoms with van der Waals surface area (Å²) in [6.07, 6.45) is 4.40. The third kappa shape index (κ3) is 3.19. The smallest absolute Gasteiger partial charge is 0.216 e. The van der Waals surface area contributed by atoms with Crippen molar-refractivity contribution >= 4 is 15.9 Å². The number of pyridine rings is 1. The highest BCUT2D eigenvalue weighted by Crippen LogP contribution is 2.18. The number of hydrogen-bond donors (Lipinski definition) is 0. The summed E-state index contributed by atoms with van der Waals surface area (Å²) in [6, 6.07) is 1.98. The Morgan fingerprint density at radius 3 is 3.08 bits per heavy atom. The van der Waals surface area contributed by atoms with E-state index in [0.717, 1.165) is 16.5 Å². The van der Waals surface area contributed by atoms with Gasteiger partial charge in [-0.2, -0.15) is 0 Å². The fourth-order valence-corrected chi connectivity index (χ4v) is 1.36. The van der Waals surface area contributed by atoms with Crippen molar-refractivity contribution in [3.8, 4) is 5.88 Å². The molecule has 0 aromatic carbocycles. The van der Waals surface area contributed by atoms with Gasteiger partial charge < -0.3 is 4.74 Å². The molecular formula is C10H12BrNO. The van der Waals surface area contributed by atoms with Crippen LogP contribution in [0.5, 0.6) is 5.88 Å². The minimum absolute atomic E-state index is 0.638. The number of aryl methyl sites for hydroxylation is 1. The molecule has 3 heteroatoms. The third-order valence-corrected chi connectivity index (χ3v) is 1.99. The summed E-state index contributed by atoms with van der Waals surface area (Å²) < 4.78 is 6.40. The highest BCUT2D eigenvalue weighted by atomic mass is 79.9. The standard InChI is InChI=1S/C10H12BrNO/c1-3-4-5-13-10-8(2)6-9(11)7-12-10/h3,6-7H,1,4-5H2,2H3. The zero-order valence-electron chi connectivity index (χ0n) is 7.59. The molecule has 70 valence electrons. The van der Waals surface area contributed by atoms with Crippen molar-refractivity contribution in [2.45, 2.75) is 13.3 Å². The van der Waals surface area contributed by atoms with E-state index < -0.39 is 0 Å². The lowest BCUT2D eigenvalue weighted by Crippen LogP contribution is -1.99. The van der Waals surface area contributed by atoms with E-state index in [0.29, 0.717) is 12.5 Å². The number of aromatic nitrogens is 1. The second-order valence-electron chi connectivity index (χ2n) is 2.70. The van der Waals surface area contributed by atoms with Crippen LogP contribution in [-0.2, 0) is 0 Å². The van der Waals surface area contributed by atoms with Crippen LogP contribution in [0.1, 0.15) is 12.0 Å². The summed E-state index contributed by atoms with van der Waals surface area (Å²) in [4.78, 5) is 4.15. The van der Waals surface area contributed by atoms with E-state index in [9.17, 15) is 0 Å². The van der Waals surface area contributed by atoms with Crippen molar-refractivity contribution in [3.05, 3.63) is 35.0 Å². The van der Waals surface area contributed by atoms with Gasteiger partial charge in [-0.15, -0.1) is 6.58 Å². The van der Waals surface area contributed by atoms with Crippen LogP contribution in [0.15, 0.2) is 29.4 Å². The van der Waals surface area contributed by atoms with Gasteiger partial charge in [-0.25, -0.2) is 4.98 Å². The largest absolute Gasteiger partial charge is 0.477 e. The summed E-state index contributed by atoms with van der Waals surface area (Å²) in [7, 11) is 0. The quantitative estimate of drug-likeness (QED) is 0.597. The van der Waals surface area contributed by atoms with Crippen LogP contribution < -0.4 is 4.74 Å². The Hall–Kier alpha value is -0.830. The van der Waals surface area contributed by atoms with Crippen LogP contribution in [0.2, 0.25) is 0 Å². The molecule has 0 bridgehead atoms. The van der Waals surface area contributed by atoms with E-state index in [4.69, 9.17) is 4.74 Å². The predicted molar refractivity (Wildman–Crippen MR) is 57.0 cm³/mol.